The van der Waals surface area contributed by atoms with Crippen molar-refractivity contribution in [1.82, 2.24) is 20.3 Å². The second-order valence-electron chi connectivity index (χ2n) is 3.60. The Bertz CT molecular complexity index is 460. The molecule has 72 valence electrons. The normalized spacial score (nSPS) is 16.6. The first-order valence-electron chi connectivity index (χ1n) is 4.97. The highest BCUT2D eigenvalue weighted by atomic mass is 15.4. The highest BCUT2D eigenvalue weighted by molar-refractivity contribution is 5.78. The third-order valence-corrected chi connectivity index (χ3v) is 2.69. The average molecular weight is 188 g/mol. The summed E-state index contributed by atoms with van der Waals surface area (Å²) in [5, 5.41) is 11.7. The molecule has 0 saturated heterocycles. The van der Waals surface area contributed by atoms with Gasteiger partial charge in [0.2, 0.25) is 0 Å². The van der Waals surface area contributed by atoms with Crippen LogP contribution in [0.4, 0.5) is 0 Å². The minimum atomic E-state index is 0.910. The van der Waals surface area contributed by atoms with Gasteiger partial charge in [-0.1, -0.05) is 17.3 Å². The maximum Gasteiger partial charge on any atom is 0.113 e. The molecule has 1 N–H and O–H groups in total. The van der Waals surface area contributed by atoms with Crippen LogP contribution in [0.25, 0.3) is 11.0 Å². The number of nitrogens with one attached hydrogen (secondary N) is 1. The van der Waals surface area contributed by atoms with E-state index in [4.69, 9.17) is 0 Å². The number of aromatic nitrogens is 3. The van der Waals surface area contributed by atoms with E-state index in [9.17, 15) is 0 Å². The molecule has 1 aliphatic heterocycles. The molecule has 14 heavy (non-hydrogen) atoms. The van der Waals surface area contributed by atoms with Crippen molar-refractivity contribution in [2.75, 3.05) is 13.1 Å². The van der Waals surface area contributed by atoms with E-state index in [1.807, 2.05) is 10.7 Å². The molecule has 0 saturated carbocycles. The summed E-state index contributed by atoms with van der Waals surface area (Å²) in [7, 11) is 0. The van der Waals surface area contributed by atoms with Gasteiger partial charge < -0.3 is 5.32 Å². The van der Waals surface area contributed by atoms with Gasteiger partial charge in [-0.3, -0.25) is 0 Å². The van der Waals surface area contributed by atoms with Gasteiger partial charge in [0, 0.05) is 6.54 Å². The smallest absolute Gasteiger partial charge is 0.113 e. The summed E-state index contributed by atoms with van der Waals surface area (Å²) >= 11 is 0. The Hall–Kier alpha value is -1.42. The minimum absolute atomic E-state index is 0.910. The lowest BCUT2D eigenvalue weighted by Crippen LogP contribution is -2.25. The van der Waals surface area contributed by atoms with Crippen LogP contribution in [0.3, 0.4) is 0 Å². The molecule has 1 aromatic carbocycles. The molecule has 0 amide bonds. The number of rotatable bonds is 0. The van der Waals surface area contributed by atoms with Gasteiger partial charge in [0.15, 0.2) is 0 Å². The van der Waals surface area contributed by atoms with Gasteiger partial charge in [-0.2, -0.15) is 0 Å². The molecule has 4 nitrogen and oxygen atoms in total. The molecule has 1 aromatic heterocycles. The third kappa shape index (κ3) is 1.11. The van der Waals surface area contributed by atoms with Gasteiger partial charge in [-0.05, 0) is 24.6 Å². The predicted octanol–water partition coefficient (Wildman–Crippen LogP) is 0.577. The lowest BCUT2D eigenvalue weighted by molar-refractivity contribution is 0.542. The molecule has 0 radical (unpaired) electrons. The average Bonchev–Trinajstić information content (AvgIpc) is 2.57. The van der Waals surface area contributed by atoms with Gasteiger partial charge in [0.25, 0.3) is 0 Å². The van der Waals surface area contributed by atoms with E-state index >= 15 is 0 Å². The Kier molecular flexibility index (Phi) is 1.73. The Morgan fingerprint density at radius 3 is 3.29 bits per heavy atom. The summed E-state index contributed by atoms with van der Waals surface area (Å²) in [5.41, 5.74) is 3.58. The number of hydrogen-bond donors (Lipinski definition) is 1. The van der Waals surface area contributed by atoms with Crippen LogP contribution in [0.15, 0.2) is 18.2 Å². The van der Waals surface area contributed by atoms with E-state index < -0.39 is 0 Å². The van der Waals surface area contributed by atoms with Crippen LogP contribution in [-0.2, 0) is 13.0 Å². The Morgan fingerprint density at radius 1 is 1.29 bits per heavy atom. The third-order valence-electron chi connectivity index (χ3n) is 2.69. The lowest BCUT2D eigenvalue weighted by atomic mass is 10.1. The monoisotopic (exact) mass is 188 g/mol. The fourth-order valence-corrected chi connectivity index (χ4v) is 1.99. The molecule has 2 heterocycles. The minimum Gasteiger partial charge on any atom is -0.315 e. The second-order valence-corrected chi connectivity index (χ2v) is 3.60. The molecule has 2 aromatic rings. The second kappa shape index (κ2) is 3.06. The summed E-state index contributed by atoms with van der Waals surface area (Å²) in [4.78, 5) is 0. The standard InChI is InChI=1S/C10H12N4/c1-2-8-4-5-11-6-7-14-10(8)9(3-1)12-13-14/h1-3,11H,4-7H2. The van der Waals surface area contributed by atoms with Crippen molar-refractivity contribution in [1.29, 1.82) is 0 Å². The Balaban J connectivity index is 2.28. The van der Waals surface area contributed by atoms with Gasteiger partial charge in [-0.25, -0.2) is 4.68 Å². The Morgan fingerprint density at radius 2 is 2.29 bits per heavy atom. The molecule has 0 bridgehead atoms. The highest BCUT2D eigenvalue weighted by Crippen LogP contribution is 2.17. The number of hydrogen-bond acceptors (Lipinski definition) is 3. The van der Waals surface area contributed by atoms with Crippen molar-refractivity contribution >= 4 is 11.0 Å². The molecular weight excluding hydrogens is 176 g/mol. The number of nitrogens with zero attached hydrogens (tertiary/aromatic N) is 3. The van der Waals surface area contributed by atoms with Crippen molar-refractivity contribution in [2.24, 2.45) is 0 Å². The zero-order valence-electron chi connectivity index (χ0n) is 7.90. The summed E-state index contributed by atoms with van der Waals surface area (Å²) in [6.07, 6.45) is 1.06. The van der Waals surface area contributed by atoms with Gasteiger partial charge in [0.1, 0.15) is 5.52 Å². The van der Waals surface area contributed by atoms with E-state index in [0.717, 1.165) is 31.6 Å². The van der Waals surface area contributed by atoms with Crippen LogP contribution in [0.1, 0.15) is 5.56 Å². The fraction of sp³-hybridized carbons (Fsp3) is 0.400. The van der Waals surface area contributed by atoms with Crippen molar-refractivity contribution < 1.29 is 0 Å². The van der Waals surface area contributed by atoms with Crippen LogP contribution < -0.4 is 5.32 Å². The molecule has 0 spiro atoms. The van der Waals surface area contributed by atoms with Crippen LogP contribution in [-0.4, -0.2) is 28.1 Å². The summed E-state index contributed by atoms with van der Waals surface area (Å²) in [5.74, 6) is 0. The molecular formula is C10H12N4. The van der Waals surface area contributed by atoms with Crippen molar-refractivity contribution in [3.05, 3.63) is 23.8 Å². The lowest BCUT2D eigenvalue weighted by Gasteiger charge is -2.12. The zero-order chi connectivity index (χ0) is 9.38. The molecule has 0 aliphatic carbocycles. The largest absolute Gasteiger partial charge is 0.315 e. The highest BCUT2D eigenvalue weighted by Gasteiger charge is 2.10. The van der Waals surface area contributed by atoms with Crippen molar-refractivity contribution in [3.8, 4) is 0 Å². The van der Waals surface area contributed by atoms with Gasteiger partial charge >= 0.3 is 0 Å². The van der Waals surface area contributed by atoms with E-state index in [-0.39, 0.29) is 0 Å². The number of para-hydroxylation sites is 1. The topological polar surface area (TPSA) is 42.7 Å². The molecule has 0 atom stereocenters. The summed E-state index contributed by atoms with van der Waals surface area (Å²) in [6.45, 7) is 2.94. The van der Waals surface area contributed by atoms with E-state index in [0.29, 0.717) is 0 Å². The van der Waals surface area contributed by atoms with E-state index in [1.54, 1.807) is 0 Å². The molecule has 0 fully saturated rings. The maximum atomic E-state index is 4.16. The van der Waals surface area contributed by atoms with Crippen LogP contribution in [0.2, 0.25) is 0 Å². The molecule has 4 heteroatoms. The first kappa shape index (κ1) is 7.94. The van der Waals surface area contributed by atoms with E-state index in [1.165, 1.54) is 11.1 Å². The first-order valence-corrected chi connectivity index (χ1v) is 4.97. The van der Waals surface area contributed by atoms with Crippen LogP contribution in [0, 0.1) is 0 Å². The number of benzene rings is 1. The molecule has 1 aliphatic rings. The van der Waals surface area contributed by atoms with E-state index in [2.05, 4.69) is 27.8 Å². The quantitative estimate of drug-likeness (QED) is 0.657. The summed E-state index contributed by atoms with van der Waals surface area (Å²) in [6, 6.07) is 6.24. The van der Waals surface area contributed by atoms with Crippen LogP contribution >= 0.6 is 0 Å². The molecule has 0 unspecified atom stereocenters. The van der Waals surface area contributed by atoms with Gasteiger partial charge in [0.05, 0.1) is 12.1 Å². The fourth-order valence-electron chi connectivity index (χ4n) is 1.99. The zero-order valence-corrected chi connectivity index (χ0v) is 7.90. The SMILES string of the molecule is c1cc2c3c(c1)nnn3CCNCC2. The Labute approximate surface area is 81.9 Å². The first-order chi connectivity index (χ1) is 6.95. The molecule has 3 rings (SSSR count). The van der Waals surface area contributed by atoms with Crippen LogP contribution in [0.5, 0.6) is 0 Å². The predicted molar refractivity (Wildman–Crippen MR) is 54.1 cm³/mol. The van der Waals surface area contributed by atoms with Gasteiger partial charge in [-0.15, -0.1) is 5.10 Å². The van der Waals surface area contributed by atoms with Crippen molar-refractivity contribution in [3.63, 3.8) is 0 Å². The summed E-state index contributed by atoms with van der Waals surface area (Å²) < 4.78 is 2.00. The van der Waals surface area contributed by atoms with Crippen molar-refractivity contribution in [2.45, 2.75) is 13.0 Å². The maximum absolute atomic E-state index is 4.16.